The Morgan fingerprint density at radius 3 is 2.30 bits per heavy atom. The number of ether oxygens (including phenoxy) is 3. The quantitative estimate of drug-likeness (QED) is 0.514. The topological polar surface area (TPSA) is 61.8 Å². The molecule has 1 aliphatic carbocycles. The Labute approximate surface area is 138 Å². The van der Waals surface area contributed by atoms with Gasteiger partial charge in [-0.3, -0.25) is 4.79 Å². The van der Waals surface area contributed by atoms with Gasteiger partial charge in [0.2, 0.25) is 6.29 Å². The fraction of sp³-hybridized carbons (Fsp3) is 0.667. The summed E-state index contributed by atoms with van der Waals surface area (Å²) in [6.45, 7) is 9.60. The summed E-state index contributed by atoms with van der Waals surface area (Å²) in [5, 5.41) is 0. The zero-order valence-corrected chi connectivity index (χ0v) is 14.8. The molecule has 0 saturated carbocycles. The Balaban J connectivity index is 2.52. The van der Waals surface area contributed by atoms with E-state index < -0.39 is 18.4 Å². The number of carbonyl (C=O) groups is 2. The standard InChI is InChI=1S/C18H28O5/c1-6-21-18(20)23-14(5)22-17(19)13(4)16-9-7-15(8-10-16)11-12(2)3/h7,9,12-14H,6,8,10-11H2,1-5H3. The third-order valence-electron chi connectivity index (χ3n) is 3.65. The van der Waals surface area contributed by atoms with Crippen molar-refractivity contribution >= 4 is 12.1 Å². The van der Waals surface area contributed by atoms with Crippen molar-refractivity contribution in [1.29, 1.82) is 0 Å². The lowest BCUT2D eigenvalue weighted by molar-refractivity contribution is -0.170. The van der Waals surface area contributed by atoms with E-state index in [1.807, 2.05) is 13.0 Å². The molecule has 1 aliphatic rings. The Bertz CT molecular complexity index is 476. The van der Waals surface area contributed by atoms with Crippen molar-refractivity contribution in [2.24, 2.45) is 11.8 Å². The number of carbonyl (C=O) groups excluding carboxylic acids is 2. The van der Waals surface area contributed by atoms with E-state index in [4.69, 9.17) is 9.47 Å². The van der Waals surface area contributed by atoms with Crippen molar-refractivity contribution in [2.75, 3.05) is 6.61 Å². The second-order valence-corrected chi connectivity index (χ2v) is 6.19. The lowest BCUT2D eigenvalue weighted by Gasteiger charge is -2.21. The normalized spacial score (nSPS) is 17.0. The largest absolute Gasteiger partial charge is 0.511 e. The van der Waals surface area contributed by atoms with Crippen LogP contribution in [0.3, 0.4) is 0 Å². The van der Waals surface area contributed by atoms with Gasteiger partial charge in [-0.15, -0.1) is 0 Å². The molecule has 0 aliphatic heterocycles. The van der Waals surface area contributed by atoms with E-state index in [1.165, 1.54) is 12.5 Å². The van der Waals surface area contributed by atoms with Crippen LogP contribution in [0.1, 0.15) is 53.9 Å². The molecular formula is C18H28O5. The van der Waals surface area contributed by atoms with E-state index in [0.29, 0.717) is 5.92 Å². The Kier molecular flexibility index (Phi) is 7.86. The number of allylic oxidation sites excluding steroid dienone is 3. The minimum Gasteiger partial charge on any atom is -0.435 e. The highest BCUT2D eigenvalue weighted by atomic mass is 16.8. The molecular weight excluding hydrogens is 296 g/mol. The van der Waals surface area contributed by atoms with Gasteiger partial charge in [-0.1, -0.05) is 37.1 Å². The maximum Gasteiger partial charge on any atom is 0.511 e. The molecule has 0 radical (unpaired) electrons. The Morgan fingerprint density at radius 2 is 1.78 bits per heavy atom. The first-order valence-corrected chi connectivity index (χ1v) is 8.25. The third kappa shape index (κ3) is 6.89. The fourth-order valence-corrected chi connectivity index (χ4v) is 2.48. The van der Waals surface area contributed by atoms with Crippen LogP contribution in [0.15, 0.2) is 23.3 Å². The van der Waals surface area contributed by atoms with Crippen LogP contribution < -0.4 is 0 Å². The second kappa shape index (κ2) is 9.38. The number of hydrogen-bond donors (Lipinski definition) is 0. The molecule has 2 unspecified atom stereocenters. The lowest BCUT2D eigenvalue weighted by Crippen LogP contribution is -2.26. The van der Waals surface area contributed by atoms with Gasteiger partial charge in [0.1, 0.15) is 0 Å². The van der Waals surface area contributed by atoms with E-state index in [2.05, 4.69) is 24.7 Å². The van der Waals surface area contributed by atoms with Crippen molar-refractivity contribution in [3.8, 4) is 0 Å². The van der Waals surface area contributed by atoms with E-state index >= 15 is 0 Å². The van der Waals surface area contributed by atoms with Crippen molar-refractivity contribution in [2.45, 2.75) is 60.2 Å². The molecule has 1 rings (SSSR count). The van der Waals surface area contributed by atoms with Crippen LogP contribution in [0.25, 0.3) is 0 Å². The molecule has 5 nitrogen and oxygen atoms in total. The van der Waals surface area contributed by atoms with Crippen LogP contribution in [0.2, 0.25) is 0 Å². The Morgan fingerprint density at radius 1 is 1.09 bits per heavy atom. The lowest BCUT2D eigenvalue weighted by atomic mass is 9.87. The maximum absolute atomic E-state index is 12.1. The summed E-state index contributed by atoms with van der Waals surface area (Å²) in [5.41, 5.74) is 2.47. The van der Waals surface area contributed by atoms with Gasteiger partial charge in [-0.05, 0) is 39.0 Å². The van der Waals surface area contributed by atoms with Crippen LogP contribution in [0, 0.1) is 11.8 Å². The summed E-state index contributed by atoms with van der Waals surface area (Å²) in [4.78, 5) is 23.3. The van der Waals surface area contributed by atoms with Crippen molar-refractivity contribution in [1.82, 2.24) is 0 Å². The minimum absolute atomic E-state index is 0.216. The zero-order valence-electron chi connectivity index (χ0n) is 14.8. The molecule has 0 N–H and O–H groups in total. The van der Waals surface area contributed by atoms with Gasteiger partial charge in [0.05, 0.1) is 12.5 Å². The van der Waals surface area contributed by atoms with Gasteiger partial charge < -0.3 is 14.2 Å². The van der Waals surface area contributed by atoms with Gasteiger partial charge in [-0.2, -0.15) is 0 Å². The predicted molar refractivity (Wildman–Crippen MR) is 87.7 cm³/mol. The minimum atomic E-state index is -0.958. The highest BCUT2D eigenvalue weighted by molar-refractivity contribution is 5.76. The summed E-state index contributed by atoms with van der Waals surface area (Å²) in [7, 11) is 0. The molecule has 0 aromatic carbocycles. The highest BCUT2D eigenvalue weighted by Crippen LogP contribution is 2.28. The van der Waals surface area contributed by atoms with Crippen molar-refractivity contribution in [3.63, 3.8) is 0 Å². The predicted octanol–water partition coefficient (Wildman–Crippen LogP) is 4.38. The summed E-state index contributed by atoms with van der Waals surface area (Å²) < 4.78 is 14.6. The third-order valence-corrected chi connectivity index (χ3v) is 3.65. The Hall–Kier alpha value is -1.78. The van der Waals surface area contributed by atoms with Crippen LogP contribution in [-0.4, -0.2) is 25.0 Å². The van der Waals surface area contributed by atoms with Gasteiger partial charge in [0.15, 0.2) is 0 Å². The van der Waals surface area contributed by atoms with Crippen LogP contribution in [0.4, 0.5) is 4.79 Å². The van der Waals surface area contributed by atoms with Gasteiger partial charge in [-0.25, -0.2) is 4.79 Å². The van der Waals surface area contributed by atoms with Crippen LogP contribution in [-0.2, 0) is 19.0 Å². The summed E-state index contributed by atoms with van der Waals surface area (Å²) in [6, 6.07) is 0. The maximum atomic E-state index is 12.1. The molecule has 0 amide bonds. The second-order valence-electron chi connectivity index (χ2n) is 6.19. The monoisotopic (exact) mass is 324 g/mol. The van der Waals surface area contributed by atoms with Gasteiger partial charge in [0, 0.05) is 6.92 Å². The van der Waals surface area contributed by atoms with Crippen LogP contribution in [0.5, 0.6) is 0 Å². The summed E-state index contributed by atoms with van der Waals surface area (Å²) >= 11 is 0. The summed E-state index contributed by atoms with van der Waals surface area (Å²) in [5.74, 6) is -0.103. The molecule has 0 aromatic heterocycles. The van der Waals surface area contributed by atoms with Crippen LogP contribution >= 0.6 is 0 Å². The van der Waals surface area contributed by atoms with E-state index in [0.717, 1.165) is 24.8 Å². The van der Waals surface area contributed by atoms with E-state index in [-0.39, 0.29) is 12.5 Å². The first-order chi connectivity index (χ1) is 10.8. The first kappa shape index (κ1) is 19.3. The molecule has 0 aromatic rings. The molecule has 0 bridgehead atoms. The van der Waals surface area contributed by atoms with Gasteiger partial charge >= 0.3 is 12.1 Å². The summed E-state index contributed by atoms with van der Waals surface area (Å²) in [6.07, 6.45) is 5.27. The van der Waals surface area contributed by atoms with Gasteiger partial charge in [0.25, 0.3) is 0 Å². The fourth-order valence-electron chi connectivity index (χ4n) is 2.48. The number of rotatable bonds is 7. The number of hydrogen-bond acceptors (Lipinski definition) is 5. The smallest absolute Gasteiger partial charge is 0.435 e. The average Bonchev–Trinajstić information content (AvgIpc) is 2.46. The molecule has 130 valence electrons. The zero-order chi connectivity index (χ0) is 17.4. The SMILES string of the molecule is CCOC(=O)OC(C)OC(=O)C(C)C1=CC=C(CC(C)C)CC1. The first-order valence-electron chi connectivity index (χ1n) is 8.25. The highest BCUT2D eigenvalue weighted by Gasteiger charge is 2.24. The molecule has 0 fully saturated rings. The molecule has 23 heavy (non-hydrogen) atoms. The van der Waals surface area contributed by atoms with Crippen molar-refractivity contribution in [3.05, 3.63) is 23.3 Å². The molecule has 5 heteroatoms. The molecule has 2 atom stereocenters. The molecule has 0 saturated heterocycles. The number of esters is 1. The van der Waals surface area contributed by atoms with Crippen molar-refractivity contribution < 1.29 is 23.8 Å². The molecule has 0 spiro atoms. The van der Waals surface area contributed by atoms with E-state index in [1.54, 1.807) is 6.92 Å². The molecule has 0 heterocycles. The van der Waals surface area contributed by atoms with E-state index in [9.17, 15) is 9.59 Å². The average molecular weight is 324 g/mol.